The zero-order valence-corrected chi connectivity index (χ0v) is 14.8. The molecule has 1 amide bonds. The fourth-order valence-electron chi connectivity index (χ4n) is 3.93. The zero-order chi connectivity index (χ0) is 18.3. The van der Waals surface area contributed by atoms with Crippen molar-refractivity contribution in [3.05, 3.63) is 59.7 Å². The van der Waals surface area contributed by atoms with Crippen molar-refractivity contribution < 1.29 is 9.90 Å². The number of carbonyl (C=O) groups is 1. The third kappa shape index (κ3) is 2.59. The molecule has 5 nitrogen and oxygen atoms in total. The van der Waals surface area contributed by atoms with Gasteiger partial charge in [0.15, 0.2) is 5.96 Å². The third-order valence-electron chi connectivity index (χ3n) is 5.35. The smallest absolute Gasteiger partial charge is 0.260 e. The van der Waals surface area contributed by atoms with Crippen molar-refractivity contribution in [1.29, 1.82) is 5.41 Å². The van der Waals surface area contributed by atoms with E-state index in [2.05, 4.69) is 42.6 Å². The number of rotatable bonds is 5. The number of guanidine groups is 1. The molecule has 2 aromatic carbocycles. The molecule has 0 aromatic heterocycles. The number of aliphatic hydroxyl groups excluding tert-OH is 1. The summed E-state index contributed by atoms with van der Waals surface area (Å²) in [7, 11) is 0. The van der Waals surface area contributed by atoms with E-state index in [9.17, 15) is 9.90 Å². The quantitative estimate of drug-likeness (QED) is 0.777. The number of benzene rings is 2. The lowest BCUT2D eigenvalue weighted by Crippen LogP contribution is -2.46. The summed E-state index contributed by atoms with van der Waals surface area (Å²) in [6.45, 7) is 2.06. The summed E-state index contributed by atoms with van der Waals surface area (Å²) in [6, 6.07) is 16.4. The lowest BCUT2D eigenvalue weighted by atomic mass is 9.83. The van der Waals surface area contributed by atoms with Gasteiger partial charge in [0.2, 0.25) is 0 Å². The van der Waals surface area contributed by atoms with Crippen molar-refractivity contribution in [2.45, 2.75) is 25.3 Å². The number of aryl methyl sites for hydroxylation is 1. The summed E-state index contributed by atoms with van der Waals surface area (Å²) in [6.07, 6.45) is 1.93. The van der Waals surface area contributed by atoms with Crippen LogP contribution < -0.4 is 5.32 Å². The Morgan fingerprint density at radius 1 is 1.19 bits per heavy atom. The highest BCUT2D eigenvalue weighted by Crippen LogP contribution is 2.49. The zero-order valence-electron chi connectivity index (χ0n) is 14.8. The van der Waals surface area contributed by atoms with Crippen LogP contribution in [0.1, 0.15) is 24.0 Å². The number of carbonyl (C=O) groups excluding carboxylic acids is 1. The Hall–Kier alpha value is -2.66. The standard InChI is InChI=1S/C21H23N3O2/c1-14-4-2-5-15(12-14)16-6-3-7-18(13-16)21(17-8-9-17)19(26)24(10-11-25)20(22)23-21/h2-7,12-13,17,25H,8-11H2,1H3,(H2,22,23). The van der Waals surface area contributed by atoms with E-state index in [1.807, 2.05) is 18.2 Å². The Morgan fingerprint density at radius 2 is 1.88 bits per heavy atom. The molecular formula is C21H23N3O2. The van der Waals surface area contributed by atoms with Gasteiger partial charge in [-0.3, -0.25) is 15.1 Å². The lowest BCUT2D eigenvalue weighted by Gasteiger charge is -2.28. The van der Waals surface area contributed by atoms with Crippen molar-refractivity contribution in [2.24, 2.45) is 5.92 Å². The lowest BCUT2D eigenvalue weighted by molar-refractivity contribution is -0.132. The van der Waals surface area contributed by atoms with E-state index < -0.39 is 5.54 Å². The van der Waals surface area contributed by atoms with Gasteiger partial charge >= 0.3 is 0 Å². The van der Waals surface area contributed by atoms with E-state index >= 15 is 0 Å². The Morgan fingerprint density at radius 3 is 2.54 bits per heavy atom. The van der Waals surface area contributed by atoms with Gasteiger partial charge in [0.05, 0.1) is 13.2 Å². The van der Waals surface area contributed by atoms with Gasteiger partial charge in [-0.2, -0.15) is 0 Å². The fourth-order valence-corrected chi connectivity index (χ4v) is 3.93. The predicted molar refractivity (Wildman–Crippen MR) is 101 cm³/mol. The molecule has 1 saturated carbocycles. The van der Waals surface area contributed by atoms with E-state index in [0.717, 1.165) is 29.5 Å². The van der Waals surface area contributed by atoms with Crippen LogP contribution in [0.15, 0.2) is 48.5 Å². The molecule has 1 aliphatic heterocycles. The minimum atomic E-state index is -0.883. The minimum Gasteiger partial charge on any atom is -0.395 e. The Labute approximate surface area is 153 Å². The number of amides is 1. The van der Waals surface area contributed by atoms with Gasteiger partial charge < -0.3 is 10.4 Å². The molecule has 0 bridgehead atoms. The van der Waals surface area contributed by atoms with Gasteiger partial charge in [-0.1, -0.05) is 48.0 Å². The average molecular weight is 349 g/mol. The SMILES string of the molecule is Cc1cccc(-c2cccc(C3(C4CC4)NC(=N)N(CCO)C3=O)c2)c1. The highest BCUT2D eigenvalue weighted by atomic mass is 16.3. The molecule has 2 aromatic rings. The maximum absolute atomic E-state index is 13.2. The van der Waals surface area contributed by atoms with Crippen molar-refractivity contribution in [1.82, 2.24) is 10.2 Å². The van der Waals surface area contributed by atoms with Crippen LogP contribution in [0.5, 0.6) is 0 Å². The fraction of sp³-hybridized carbons (Fsp3) is 0.333. The molecule has 1 atom stereocenters. The van der Waals surface area contributed by atoms with E-state index in [-0.39, 0.29) is 30.9 Å². The van der Waals surface area contributed by atoms with E-state index in [0.29, 0.717) is 0 Å². The van der Waals surface area contributed by atoms with Gasteiger partial charge in [0.25, 0.3) is 5.91 Å². The molecule has 4 rings (SSSR count). The Kier molecular flexibility index (Phi) is 4.04. The van der Waals surface area contributed by atoms with E-state index in [4.69, 9.17) is 5.41 Å². The first-order valence-corrected chi connectivity index (χ1v) is 9.03. The van der Waals surface area contributed by atoms with Gasteiger partial charge in [-0.05, 0) is 48.4 Å². The predicted octanol–water partition coefficient (Wildman–Crippen LogP) is 2.63. The maximum atomic E-state index is 13.2. The summed E-state index contributed by atoms with van der Waals surface area (Å²) >= 11 is 0. The molecule has 1 saturated heterocycles. The molecule has 1 heterocycles. The summed E-state index contributed by atoms with van der Waals surface area (Å²) in [4.78, 5) is 14.6. The molecule has 5 heteroatoms. The third-order valence-corrected chi connectivity index (χ3v) is 5.35. The summed E-state index contributed by atoms with van der Waals surface area (Å²) in [5, 5.41) is 20.6. The second-order valence-corrected chi connectivity index (χ2v) is 7.19. The molecule has 3 N–H and O–H groups in total. The first kappa shape index (κ1) is 16.8. The monoisotopic (exact) mass is 349 g/mol. The van der Waals surface area contributed by atoms with Gasteiger partial charge in [0.1, 0.15) is 5.54 Å². The molecule has 0 radical (unpaired) electrons. The summed E-state index contributed by atoms with van der Waals surface area (Å²) in [5.41, 5.74) is 3.38. The first-order valence-electron chi connectivity index (χ1n) is 9.03. The molecule has 0 spiro atoms. The van der Waals surface area contributed by atoms with Crippen LogP contribution in [0, 0.1) is 18.3 Å². The average Bonchev–Trinajstić information content (AvgIpc) is 3.46. The van der Waals surface area contributed by atoms with Crippen molar-refractivity contribution >= 4 is 11.9 Å². The number of aliphatic hydroxyl groups is 1. The van der Waals surface area contributed by atoms with E-state index in [1.165, 1.54) is 10.5 Å². The molecular weight excluding hydrogens is 326 g/mol. The van der Waals surface area contributed by atoms with Crippen LogP contribution >= 0.6 is 0 Å². The first-order chi connectivity index (χ1) is 12.6. The van der Waals surface area contributed by atoms with Crippen LogP contribution in [0.25, 0.3) is 11.1 Å². The van der Waals surface area contributed by atoms with Gasteiger partial charge in [-0.25, -0.2) is 0 Å². The normalized spacial score (nSPS) is 22.6. The molecule has 26 heavy (non-hydrogen) atoms. The van der Waals surface area contributed by atoms with E-state index in [1.54, 1.807) is 0 Å². The summed E-state index contributed by atoms with van der Waals surface area (Å²) < 4.78 is 0. The minimum absolute atomic E-state index is 0.0805. The molecule has 2 aliphatic rings. The number of β-amino-alcohol motifs (C(OH)–C–C–N with tert-alkyl or cyclic N) is 1. The van der Waals surface area contributed by atoms with Crippen LogP contribution in [0.2, 0.25) is 0 Å². The van der Waals surface area contributed by atoms with Gasteiger partial charge in [0, 0.05) is 0 Å². The topological polar surface area (TPSA) is 76.4 Å². The number of nitrogens with zero attached hydrogens (tertiary/aromatic N) is 1. The number of hydrogen-bond donors (Lipinski definition) is 3. The maximum Gasteiger partial charge on any atom is 0.260 e. The highest BCUT2D eigenvalue weighted by molar-refractivity contribution is 6.08. The molecule has 1 aliphatic carbocycles. The highest BCUT2D eigenvalue weighted by Gasteiger charge is 2.58. The van der Waals surface area contributed by atoms with Crippen LogP contribution in [0.3, 0.4) is 0 Å². The Balaban J connectivity index is 1.79. The van der Waals surface area contributed by atoms with Crippen molar-refractivity contribution in [3.8, 4) is 11.1 Å². The number of hydrogen-bond acceptors (Lipinski definition) is 3. The molecule has 2 fully saturated rings. The number of nitrogens with one attached hydrogen (secondary N) is 2. The second-order valence-electron chi connectivity index (χ2n) is 7.19. The van der Waals surface area contributed by atoms with Crippen LogP contribution in [-0.2, 0) is 10.3 Å². The molecule has 134 valence electrons. The van der Waals surface area contributed by atoms with Crippen LogP contribution in [0.4, 0.5) is 0 Å². The summed E-state index contributed by atoms with van der Waals surface area (Å²) in [5.74, 6) is 0.143. The van der Waals surface area contributed by atoms with Crippen molar-refractivity contribution in [3.63, 3.8) is 0 Å². The molecule has 1 unspecified atom stereocenters. The second kappa shape index (κ2) is 6.25. The largest absolute Gasteiger partial charge is 0.395 e. The van der Waals surface area contributed by atoms with Crippen molar-refractivity contribution in [2.75, 3.05) is 13.2 Å². The van der Waals surface area contributed by atoms with Crippen LogP contribution in [-0.4, -0.2) is 35.0 Å². The van der Waals surface area contributed by atoms with Gasteiger partial charge in [-0.15, -0.1) is 0 Å². The Bertz CT molecular complexity index is 875.